The summed E-state index contributed by atoms with van der Waals surface area (Å²) < 4.78 is 44.9. The monoisotopic (exact) mass is 762 g/mol. The first-order valence-corrected chi connectivity index (χ1v) is 18.2. The van der Waals surface area contributed by atoms with Crippen molar-refractivity contribution < 1.29 is 37.4 Å². The van der Waals surface area contributed by atoms with Gasteiger partial charge in [-0.3, -0.25) is 29.3 Å². The molecule has 2 aromatic heterocycles. The number of alkyl halides is 2. The number of anilines is 1. The van der Waals surface area contributed by atoms with E-state index in [9.17, 15) is 24.0 Å². The summed E-state index contributed by atoms with van der Waals surface area (Å²) in [6.45, 7) is 0.212. The molecule has 4 amide bonds. The minimum absolute atomic E-state index is 0.0804. The molecule has 1 unspecified atom stereocenters. The van der Waals surface area contributed by atoms with E-state index >= 15 is 8.78 Å². The van der Waals surface area contributed by atoms with Crippen LogP contribution in [0.15, 0.2) is 47.4 Å². The number of aromatic nitrogens is 1. The number of methoxy groups -OCH3 is 2. The predicted octanol–water partition coefficient (Wildman–Crippen LogP) is 3.75. The lowest BCUT2D eigenvalue weighted by atomic mass is 9.99. The van der Waals surface area contributed by atoms with E-state index in [4.69, 9.17) is 9.47 Å². The number of fused-ring (bicyclic) bond motifs is 2. The Balaban J connectivity index is 1.09. The van der Waals surface area contributed by atoms with Crippen LogP contribution in [0.25, 0.3) is 21.2 Å². The van der Waals surface area contributed by atoms with Crippen molar-refractivity contribution in [2.45, 2.75) is 50.4 Å². The van der Waals surface area contributed by atoms with Gasteiger partial charge in [0.15, 0.2) is 0 Å². The molecule has 2 aromatic carbocycles. The molecule has 16 heteroatoms. The second-order valence-electron chi connectivity index (χ2n) is 14.1. The van der Waals surface area contributed by atoms with Gasteiger partial charge in [0.2, 0.25) is 11.8 Å². The maximum atomic E-state index is 15.8. The van der Waals surface area contributed by atoms with Crippen LogP contribution in [0.4, 0.5) is 14.5 Å². The lowest BCUT2D eigenvalue weighted by molar-refractivity contribution is -0.136. The summed E-state index contributed by atoms with van der Waals surface area (Å²) in [7, 11) is 8.59. The highest BCUT2D eigenvalue weighted by Crippen LogP contribution is 2.40. The number of benzene rings is 2. The SMILES string of the molecule is COc1cc(-c2cn(C)c(=O)c3cc(C(=O)N[C@@H]4CCN(c5ccc6c(c5)C(=O)N(C5CCC(=O)NC5=O)C6)CC4(F)F)sc23)cc(OC)c1CN(C)C. The molecule has 4 aromatic rings. The summed E-state index contributed by atoms with van der Waals surface area (Å²) in [6.07, 6.45) is 1.94. The number of imide groups is 1. The van der Waals surface area contributed by atoms with Gasteiger partial charge in [0, 0.05) is 60.8 Å². The van der Waals surface area contributed by atoms with Crippen LogP contribution in [0, 0.1) is 0 Å². The van der Waals surface area contributed by atoms with Crippen LogP contribution in [-0.2, 0) is 29.7 Å². The molecule has 0 bridgehead atoms. The standard InChI is InChI=1S/C38H40F2N6O7S/c1-43(2)17-26-28(52-4)12-21(13-29(26)53-5)25-18-44(3)36(50)24-15-30(54-33(24)25)35(49)41-31-10-11-45(19-38(31,39)40)22-7-6-20-16-46(37(51)23(20)14-22)27-8-9-32(47)42-34(27)48/h6-7,12-15,18,27,31H,8-11,16-17,19H2,1-5H3,(H,41,49)(H,42,47,48)/t27?,31-/m1/s1. The van der Waals surface area contributed by atoms with Gasteiger partial charge in [-0.05, 0) is 68.4 Å². The lowest BCUT2D eigenvalue weighted by Gasteiger charge is -2.39. The lowest BCUT2D eigenvalue weighted by Crippen LogP contribution is -2.58. The van der Waals surface area contributed by atoms with Gasteiger partial charge in [-0.2, -0.15) is 0 Å². The zero-order valence-corrected chi connectivity index (χ0v) is 31.3. The topological polar surface area (TPSA) is 143 Å². The number of pyridine rings is 1. The van der Waals surface area contributed by atoms with E-state index in [0.29, 0.717) is 50.7 Å². The van der Waals surface area contributed by atoms with E-state index in [1.807, 2.05) is 31.1 Å². The van der Waals surface area contributed by atoms with Crippen LogP contribution >= 0.6 is 11.3 Å². The van der Waals surface area contributed by atoms with Gasteiger partial charge in [0.05, 0.1) is 42.6 Å². The first-order chi connectivity index (χ1) is 25.7. The number of carbonyl (C=O) groups excluding carboxylic acids is 4. The molecule has 2 N–H and O–H groups in total. The van der Waals surface area contributed by atoms with Crippen molar-refractivity contribution in [1.82, 2.24) is 25.0 Å². The fourth-order valence-electron chi connectivity index (χ4n) is 7.49. The number of hydrogen-bond donors (Lipinski definition) is 2. The van der Waals surface area contributed by atoms with Crippen LogP contribution in [-0.4, -0.2) is 97.4 Å². The molecule has 3 aliphatic rings. The number of hydrogen-bond acceptors (Lipinski definition) is 10. The number of halogens is 2. The van der Waals surface area contributed by atoms with Gasteiger partial charge < -0.3 is 34.1 Å². The first-order valence-electron chi connectivity index (χ1n) is 17.4. The molecule has 0 aliphatic carbocycles. The van der Waals surface area contributed by atoms with E-state index in [2.05, 4.69) is 10.6 Å². The van der Waals surface area contributed by atoms with Crippen LogP contribution < -0.4 is 30.6 Å². The fraction of sp³-hybridized carbons (Fsp3) is 0.395. The summed E-state index contributed by atoms with van der Waals surface area (Å²) in [5.74, 6) is -4.18. The average molecular weight is 763 g/mol. The molecule has 2 fully saturated rings. The molecule has 0 spiro atoms. The van der Waals surface area contributed by atoms with Crippen molar-refractivity contribution in [3.63, 3.8) is 0 Å². The van der Waals surface area contributed by atoms with Crippen LogP contribution in [0.5, 0.6) is 11.5 Å². The van der Waals surface area contributed by atoms with Crippen LogP contribution in [0.1, 0.15) is 50.4 Å². The Morgan fingerprint density at radius 3 is 2.41 bits per heavy atom. The van der Waals surface area contributed by atoms with Crippen molar-refractivity contribution in [3.05, 3.63) is 74.5 Å². The number of carbonyl (C=O) groups is 4. The largest absolute Gasteiger partial charge is 0.496 e. The molecule has 3 aliphatic heterocycles. The average Bonchev–Trinajstić information content (AvgIpc) is 3.72. The number of nitrogens with zero attached hydrogens (tertiary/aromatic N) is 4. The highest BCUT2D eigenvalue weighted by Gasteiger charge is 2.46. The normalized spacial score (nSPS) is 19.7. The van der Waals surface area contributed by atoms with Gasteiger partial charge in [-0.1, -0.05) is 6.07 Å². The Kier molecular flexibility index (Phi) is 9.68. The van der Waals surface area contributed by atoms with E-state index < -0.39 is 42.3 Å². The third kappa shape index (κ3) is 6.68. The van der Waals surface area contributed by atoms with Crippen molar-refractivity contribution in [2.75, 3.05) is 46.3 Å². The number of piperidine rings is 2. The molecule has 2 saturated heterocycles. The van der Waals surface area contributed by atoms with Crippen molar-refractivity contribution >= 4 is 50.7 Å². The summed E-state index contributed by atoms with van der Waals surface area (Å²) >= 11 is 1.05. The predicted molar refractivity (Wildman–Crippen MR) is 199 cm³/mol. The first kappa shape index (κ1) is 37.0. The third-order valence-electron chi connectivity index (χ3n) is 10.2. The third-order valence-corrected chi connectivity index (χ3v) is 11.4. The fourth-order valence-corrected chi connectivity index (χ4v) is 8.57. The molecule has 13 nitrogen and oxygen atoms in total. The molecule has 7 rings (SSSR count). The minimum atomic E-state index is -3.34. The number of rotatable bonds is 9. The van der Waals surface area contributed by atoms with Gasteiger partial charge in [-0.25, -0.2) is 8.78 Å². The quantitative estimate of drug-likeness (QED) is 0.244. The Morgan fingerprint density at radius 1 is 1.04 bits per heavy atom. The zero-order valence-electron chi connectivity index (χ0n) is 30.5. The Morgan fingerprint density at radius 2 is 1.76 bits per heavy atom. The van der Waals surface area contributed by atoms with Crippen molar-refractivity contribution in [2.24, 2.45) is 7.05 Å². The Hall–Kier alpha value is -5.35. The van der Waals surface area contributed by atoms with Gasteiger partial charge >= 0.3 is 0 Å². The molecule has 284 valence electrons. The number of amides is 4. The number of ether oxygens (including phenoxy) is 2. The van der Waals surface area contributed by atoms with Crippen LogP contribution in [0.3, 0.4) is 0 Å². The van der Waals surface area contributed by atoms with E-state index in [0.717, 1.165) is 16.9 Å². The maximum Gasteiger partial charge on any atom is 0.284 e. The number of thiophene rings is 1. The van der Waals surface area contributed by atoms with Gasteiger partial charge in [0.25, 0.3) is 23.3 Å². The summed E-state index contributed by atoms with van der Waals surface area (Å²) in [6, 6.07) is 7.82. The van der Waals surface area contributed by atoms with Crippen molar-refractivity contribution in [1.29, 1.82) is 0 Å². The van der Waals surface area contributed by atoms with E-state index in [1.165, 1.54) is 20.4 Å². The summed E-state index contributed by atoms with van der Waals surface area (Å²) in [5, 5.41) is 5.08. The molecule has 0 saturated carbocycles. The highest BCUT2D eigenvalue weighted by atomic mass is 32.1. The van der Waals surface area contributed by atoms with E-state index in [1.54, 1.807) is 45.7 Å². The highest BCUT2D eigenvalue weighted by molar-refractivity contribution is 7.21. The second kappa shape index (κ2) is 14.1. The second-order valence-corrected chi connectivity index (χ2v) is 15.2. The minimum Gasteiger partial charge on any atom is -0.496 e. The number of aryl methyl sites for hydroxylation is 1. The molecule has 5 heterocycles. The zero-order chi connectivity index (χ0) is 38.6. The Labute approximate surface area is 313 Å². The molecule has 0 radical (unpaired) electrons. The summed E-state index contributed by atoms with van der Waals surface area (Å²) in [5.41, 5.74) is 3.27. The number of nitrogens with one attached hydrogen (secondary N) is 2. The molecule has 54 heavy (non-hydrogen) atoms. The van der Waals surface area contributed by atoms with Gasteiger partial charge in [-0.15, -0.1) is 11.3 Å². The van der Waals surface area contributed by atoms with Gasteiger partial charge in [0.1, 0.15) is 17.5 Å². The maximum absolute atomic E-state index is 15.8. The van der Waals surface area contributed by atoms with Crippen molar-refractivity contribution in [3.8, 4) is 22.6 Å². The molecular formula is C38H40F2N6O7S. The van der Waals surface area contributed by atoms with Crippen LogP contribution in [0.2, 0.25) is 0 Å². The molecular weight excluding hydrogens is 723 g/mol. The van der Waals surface area contributed by atoms with E-state index in [-0.39, 0.29) is 54.1 Å². The Bertz CT molecular complexity index is 2240. The smallest absolute Gasteiger partial charge is 0.284 e. The summed E-state index contributed by atoms with van der Waals surface area (Å²) in [4.78, 5) is 69.2. The molecule has 2 atom stereocenters.